The number of hydrogen-bond donors (Lipinski definition) is 4. The first-order chi connectivity index (χ1) is 8.18. The summed E-state index contributed by atoms with van der Waals surface area (Å²) in [6.45, 7) is 0.317. The van der Waals surface area contributed by atoms with Gasteiger partial charge in [0, 0.05) is 12.1 Å². The molecule has 0 amide bonds. The van der Waals surface area contributed by atoms with E-state index in [2.05, 4.69) is 5.32 Å². The van der Waals surface area contributed by atoms with Gasteiger partial charge in [-0.1, -0.05) is 24.3 Å². The topological polar surface area (TPSA) is 72.7 Å². The molecule has 17 heavy (non-hydrogen) atoms. The molecule has 0 heterocycles. The Balaban J connectivity index is 2.13. The number of rotatable bonds is 3. The molecule has 2 aromatic carbocycles. The van der Waals surface area contributed by atoms with Crippen molar-refractivity contribution in [1.82, 2.24) is 0 Å². The quantitative estimate of drug-likeness (QED) is 0.612. The van der Waals surface area contributed by atoms with Crippen molar-refractivity contribution in [2.45, 2.75) is 6.54 Å². The van der Waals surface area contributed by atoms with Crippen molar-refractivity contribution in [3.05, 3.63) is 48.0 Å². The Labute approximate surface area is 98.8 Å². The Morgan fingerprint density at radius 1 is 0.824 bits per heavy atom. The van der Waals surface area contributed by atoms with Crippen LogP contribution in [0.25, 0.3) is 0 Å². The Kier molecular flexibility index (Phi) is 3.05. The van der Waals surface area contributed by atoms with Crippen LogP contribution in [0.2, 0.25) is 0 Å². The summed E-state index contributed by atoms with van der Waals surface area (Å²) in [7, 11) is 0. The van der Waals surface area contributed by atoms with Gasteiger partial charge in [0.15, 0.2) is 11.5 Å². The molecule has 0 radical (unpaired) electrons. The average molecular weight is 231 g/mol. The number of hydrogen-bond acceptors (Lipinski definition) is 4. The maximum absolute atomic E-state index is 9.59. The van der Waals surface area contributed by atoms with Gasteiger partial charge in [-0.25, -0.2) is 0 Å². The molecule has 0 unspecified atom stereocenters. The van der Waals surface area contributed by atoms with Gasteiger partial charge >= 0.3 is 0 Å². The minimum atomic E-state index is -0.151. The fourth-order valence-corrected chi connectivity index (χ4v) is 1.53. The zero-order chi connectivity index (χ0) is 12.3. The molecule has 0 bridgehead atoms. The minimum Gasteiger partial charge on any atom is -0.506 e. The number of para-hydroxylation sites is 3. The van der Waals surface area contributed by atoms with Gasteiger partial charge in [0.1, 0.15) is 5.75 Å². The summed E-state index contributed by atoms with van der Waals surface area (Å²) in [6.07, 6.45) is 0. The van der Waals surface area contributed by atoms with Gasteiger partial charge < -0.3 is 20.6 Å². The molecule has 2 rings (SSSR count). The molecule has 0 atom stereocenters. The standard InChI is InChI=1S/C13H13NO3/c15-11-6-2-1-5-10(11)14-8-9-4-3-7-12(16)13(9)17/h1-7,14-17H,8H2. The lowest BCUT2D eigenvalue weighted by molar-refractivity contribution is 0.400. The molecule has 0 spiro atoms. The third-order valence-electron chi connectivity index (χ3n) is 2.47. The van der Waals surface area contributed by atoms with E-state index in [9.17, 15) is 15.3 Å². The highest BCUT2D eigenvalue weighted by Crippen LogP contribution is 2.29. The Hall–Kier alpha value is -2.36. The van der Waals surface area contributed by atoms with Crippen molar-refractivity contribution in [2.75, 3.05) is 5.32 Å². The van der Waals surface area contributed by atoms with Crippen LogP contribution in [0.5, 0.6) is 17.2 Å². The maximum Gasteiger partial charge on any atom is 0.162 e. The fraction of sp³-hybridized carbons (Fsp3) is 0.0769. The summed E-state index contributed by atoms with van der Waals surface area (Å²) in [5.74, 6) is -0.149. The summed E-state index contributed by atoms with van der Waals surface area (Å²) < 4.78 is 0. The third-order valence-corrected chi connectivity index (χ3v) is 2.47. The summed E-state index contributed by atoms with van der Waals surface area (Å²) in [5.41, 5.74) is 1.14. The molecule has 0 saturated heterocycles. The molecule has 4 heteroatoms. The Morgan fingerprint density at radius 3 is 2.29 bits per heavy atom. The monoisotopic (exact) mass is 231 g/mol. The lowest BCUT2D eigenvalue weighted by Crippen LogP contribution is -1.99. The number of phenols is 3. The van der Waals surface area contributed by atoms with E-state index < -0.39 is 0 Å². The zero-order valence-electron chi connectivity index (χ0n) is 9.09. The smallest absolute Gasteiger partial charge is 0.162 e. The molecule has 88 valence electrons. The van der Waals surface area contributed by atoms with Gasteiger partial charge in [-0.3, -0.25) is 0 Å². The fourth-order valence-electron chi connectivity index (χ4n) is 1.53. The molecular formula is C13H13NO3. The van der Waals surface area contributed by atoms with Gasteiger partial charge in [0.25, 0.3) is 0 Å². The Morgan fingerprint density at radius 2 is 1.53 bits per heavy atom. The molecule has 4 nitrogen and oxygen atoms in total. The zero-order valence-corrected chi connectivity index (χ0v) is 9.09. The SMILES string of the molecule is Oc1ccccc1NCc1cccc(O)c1O. The first kappa shape index (κ1) is 11.1. The van der Waals surface area contributed by atoms with E-state index in [-0.39, 0.29) is 17.2 Å². The van der Waals surface area contributed by atoms with E-state index in [1.807, 2.05) is 0 Å². The van der Waals surface area contributed by atoms with Crippen LogP contribution in [0, 0.1) is 0 Å². The summed E-state index contributed by atoms with van der Waals surface area (Å²) in [4.78, 5) is 0. The van der Waals surface area contributed by atoms with Crippen molar-refractivity contribution >= 4 is 5.69 Å². The highest BCUT2D eigenvalue weighted by atomic mass is 16.3. The second-order valence-corrected chi connectivity index (χ2v) is 3.66. The molecule has 0 aliphatic heterocycles. The minimum absolute atomic E-state index is 0.143. The number of benzene rings is 2. The number of anilines is 1. The Bertz CT molecular complexity index is 526. The van der Waals surface area contributed by atoms with Crippen LogP contribution in [-0.2, 0) is 6.54 Å². The molecule has 0 aromatic heterocycles. The van der Waals surface area contributed by atoms with Crippen molar-refractivity contribution in [1.29, 1.82) is 0 Å². The van der Waals surface area contributed by atoms with Crippen molar-refractivity contribution in [3.63, 3.8) is 0 Å². The van der Waals surface area contributed by atoms with Crippen LogP contribution in [0.1, 0.15) is 5.56 Å². The largest absolute Gasteiger partial charge is 0.506 e. The van der Waals surface area contributed by atoms with Crippen molar-refractivity contribution in [3.8, 4) is 17.2 Å². The molecular weight excluding hydrogens is 218 g/mol. The lowest BCUT2D eigenvalue weighted by Gasteiger charge is -2.10. The van der Waals surface area contributed by atoms with E-state index in [1.54, 1.807) is 36.4 Å². The highest BCUT2D eigenvalue weighted by Gasteiger charge is 2.06. The highest BCUT2D eigenvalue weighted by molar-refractivity contribution is 5.56. The molecule has 2 aromatic rings. The van der Waals surface area contributed by atoms with Gasteiger partial charge in [0.2, 0.25) is 0 Å². The number of nitrogens with one attached hydrogen (secondary N) is 1. The second-order valence-electron chi connectivity index (χ2n) is 3.66. The van der Waals surface area contributed by atoms with Crippen LogP contribution in [-0.4, -0.2) is 15.3 Å². The lowest BCUT2D eigenvalue weighted by atomic mass is 10.2. The van der Waals surface area contributed by atoms with Crippen LogP contribution in [0.15, 0.2) is 42.5 Å². The van der Waals surface area contributed by atoms with Crippen molar-refractivity contribution < 1.29 is 15.3 Å². The van der Waals surface area contributed by atoms with Gasteiger partial charge in [-0.05, 0) is 18.2 Å². The predicted molar refractivity (Wildman–Crippen MR) is 65.2 cm³/mol. The van der Waals surface area contributed by atoms with Crippen molar-refractivity contribution in [2.24, 2.45) is 0 Å². The molecule has 0 aliphatic rings. The molecule has 4 N–H and O–H groups in total. The van der Waals surface area contributed by atoms with Gasteiger partial charge in [-0.15, -0.1) is 0 Å². The van der Waals surface area contributed by atoms with Gasteiger partial charge in [-0.2, -0.15) is 0 Å². The van der Waals surface area contributed by atoms with E-state index in [0.717, 1.165) is 0 Å². The van der Waals surface area contributed by atoms with E-state index in [1.165, 1.54) is 6.07 Å². The third kappa shape index (κ3) is 2.42. The number of aromatic hydroxyl groups is 3. The van der Waals surface area contributed by atoms with E-state index in [4.69, 9.17) is 0 Å². The van der Waals surface area contributed by atoms with Crippen LogP contribution in [0.3, 0.4) is 0 Å². The first-order valence-corrected chi connectivity index (χ1v) is 5.20. The normalized spacial score (nSPS) is 10.1. The molecule has 0 saturated carbocycles. The number of phenolic OH excluding ortho intramolecular Hbond substituents is 3. The average Bonchev–Trinajstić information content (AvgIpc) is 2.33. The maximum atomic E-state index is 9.59. The van der Waals surface area contributed by atoms with Crippen LogP contribution < -0.4 is 5.32 Å². The second kappa shape index (κ2) is 4.65. The van der Waals surface area contributed by atoms with E-state index in [0.29, 0.717) is 17.8 Å². The van der Waals surface area contributed by atoms with Gasteiger partial charge in [0.05, 0.1) is 5.69 Å². The van der Waals surface area contributed by atoms with Crippen LogP contribution >= 0.6 is 0 Å². The summed E-state index contributed by atoms with van der Waals surface area (Å²) >= 11 is 0. The van der Waals surface area contributed by atoms with Crippen LogP contribution in [0.4, 0.5) is 5.69 Å². The van der Waals surface area contributed by atoms with E-state index >= 15 is 0 Å². The first-order valence-electron chi connectivity index (χ1n) is 5.20. The predicted octanol–water partition coefficient (Wildman–Crippen LogP) is 2.42. The molecule has 0 aliphatic carbocycles. The summed E-state index contributed by atoms with van der Waals surface area (Å²) in [5, 5.41) is 31.4. The summed E-state index contributed by atoms with van der Waals surface area (Å²) in [6, 6.07) is 11.6. The molecule has 0 fully saturated rings.